The Morgan fingerprint density at radius 2 is 1.87 bits per heavy atom. The predicted octanol–water partition coefficient (Wildman–Crippen LogP) is 3.19. The summed E-state index contributed by atoms with van der Waals surface area (Å²) in [5.41, 5.74) is 2.15. The fraction of sp³-hybridized carbons (Fsp3) is 0.211. The fourth-order valence-corrected chi connectivity index (χ4v) is 3.03. The van der Waals surface area contributed by atoms with Crippen molar-refractivity contribution in [1.82, 2.24) is 15.3 Å². The van der Waals surface area contributed by atoms with E-state index in [9.17, 15) is 27.9 Å². The van der Waals surface area contributed by atoms with E-state index in [-0.39, 0.29) is 16.6 Å². The molecule has 0 fully saturated rings. The number of ether oxygens (including phenoxy) is 1. The Morgan fingerprint density at radius 1 is 1.20 bits per heavy atom. The Morgan fingerprint density at radius 3 is 2.43 bits per heavy atom. The third-order valence-corrected chi connectivity index (χ3v) is 4.22. The normalized spacial score (nSPS) is 12.7. The number of halogens is 3. The van der Waals surface area contributed by atoms with Crippen molar-refractivity contribution >= 4 is 16.9 Å². The quantitative estimate of drug-likeness (QED) is 0.587. The lowest BCUT2D eigenvalue weighted by Gasteiger charge is -2.17. The van der Waals surface area contributed by atoms with Crippen molar-refractivity contribution in [3.63, 3.8) is 0 Å². The molecular weight excluding hydrogens is 407 g/mol. The molecule has 1 atom stereocenters. The zero-order chi connectivity index (χ0) is 22.1. The second-order valence-electron chi connectivity index (χ2n) is 6.22. The van der Waals surface area contributed by atoms with Crippen molar-refractivity contribution in [3.05, 3.63) is 63.9 Å². The number of hydrogen-bond donors (Lipinski definition) is 2. The Hall–Kier alpha value is -3.44. The van der Waals surface area contributed by atoms with Crippen molar-refractivity contribution in [1.29, 1.82) is 0 Å². The Bertz CT molecular complexity index is 1140. The number of fused-ring (bicyclic) bond motifs is 1. The van der Waals surface area contributed by atoms with Crippen LogP contribution in [0.3, 0.4) is 0 Å². The van der Waals surface area contributed by atoms with Crippen LogP contribution >= 0.6 is 0 Å². The zero-order valence-corrected chi connectivity index (χ0v) is 15.7. The molecule has 0 saturated heterocycles. The van der Waals surface area contributed by atoms with Gasteiger partial charge >= 0.3 is 12.3 Å². The van der Waals surface area contributed by atoms with Crippen LogP contribution in [0.2, 0.25) is 0 Å². The zero-order valence-electron chi connectivity index (χ0n) is 15.7. The molecule has 1 unspecified atom stereocenters. The van der Waals surface area contributed by atoms with E-state index in [0.717, 1.165) is 12.1 Å². The van der Waals surface area contributed by atoms with Gasteiger partial charge in [0.1, 0.15) is 5.75 Å². The summed E-state index contributed by atoms with van der Waals surface area (Å²) in [5, 5.41) is 13.4. The molecule has 2 N–H and O–H groups in total. The standard InChI is InChI=1S/C19H16F3N3O5/c1-10(24-29-2)13-4-3-5-14-15(13)17(26)16(18(27)28)23-25(14)11-6-8-12(9-7-11)30-19(20,21)22/h3-10,24H,1-2H3,(H,27,28). The van der Waals surface area contributed by atoms with Crippen molar-refractivity contribution < 1.29 is 32.6 Å². The average Bonchev–Trinajstić information content (AvgIpc) is 2.67. The summed E-state index contributed by atoms with van der Waals surface area (Å²) in [6, 6.07) is 9.04. The molecule has 2 aromatic carbocycles. The minimum atomic E-state index is -4.85. The first kappa shape index (κ1) is 21.3. The van der Waals surface area contributed by atoms with Gasteiger partial charge in [0.25, 0.3) is 0 Å². The van der Waals surface area contributed by atoms with E-state index < -0.39 is 35.2 Å². The lowest BCUT2D eigenvalue weighted by Crippen LogP contribution is -2.25. The average molecular weight is 423 g/mol. The molecule has 0 amide bonds. The summed E-state index contributed by atoms with van der Waals surface area (Å²) in [7, 11) is 1.40. The van der Waals surface area contributed by atoms with Gasteiger partial charge in [-0.3, -0.25) is 4.79 Å². The van der Waals surface area contributed by atoms with Gasteiger partial charge in [-0.2, -0.15) is 10.6 Å². The molecule has 158 valence electrons. The number of carbonyl (C=O) groups is 1. The van der Waals surface area contributed by atoms with Crippen LogP contribution in [0, 0.1) is 0 Å². The van der Waals surface area contributed by atoms with Crippen LogP contribution in [0.4, 0.5) is 13.2 Å². The van der Waals surface area contributed by atoms with Crippen LogP contribution in [0.5, 0.6) is 5.75 Å². The number of benzene rings is 2. The van der Waals surface area contributed by atoms with E-state index in [4.69, 9.17) is 4.84 Å². The fourth-order valence-electron chi connectivity index (χ4n) is 3.03. The summed E-state index contributed by atoms with van der Waals surface area (Å²) in [6.07, 6.45) is -4.85. The first-order chi connectivity index (χ1) is 14.1. The molecule has 0 bridgehead atoms. The van der Waals surface area contributed by atoms with Crippen molar-refractivity contribution in [2.75, 3.05) is 7.11 Å². The highest BCUT2D eigenvalue weighted by Gasteiger charge is 2.31. The number of aromatic carboxylic acids is 1. The third-order valence-electron chi connectivity index (χ3n) is 4.22. The van der Waals surface area contributed by atoms with E-state index in [0.29, 0.717) is 5.56 Å². The van der Waals surface area contributed by atoms with Crippen LogP contribution in [0.25, 0.3) is 16.6 Å². The molecule has 0 aliphatic rings. The van der Waals surface area contributed by atoms with Gasteiger partial charge in [-0.05, 0) is 42.8 Å². The highest BCUT2D eigenvalue weighted by Crippen LogP contribution is 2.26. The lowest BCUT2D eigenvalue weighted by atomic mass is 10.0. The molecule has 30 heavy (non-hydrogen) atoms. The van der Waals surface area contributed by atoms with Crippen molar-refractivity contribution in [2.45, 2.75) is 19.3 Å². The van der Waals surface area contributed by atoms with Crippen molar-refractivity contribution in [3.8, 4) is 11.4 Å². The van der Waals surface area contributed by atoms with Gasteiger partial charge in [-0.15, -0.1) is 13.2 Å². The number of nitrogens with zero attached hydrogens (tertiary/aromatic N) is 2. The maximum Gasteiger partial charge on any atom is 0.573 e. The predicted molar refractivity (Wildman–Crippen MR) is 99.5 cm³/mol. The van der Waals surface area contributed by atoms with Crippen molar-refractivity contribution in [2.24, 2.45) is 0 Å². The van der Waals surface area contributed by atoms with Gasteiger partial charge in [-0.1, -0.05) is 12.1 Å². The number of nitrogens with one attached hydrogen (secondary N) is 1. The van der Waals surface area contributed by atoms with E-state index >= 15 is 0 Å². The maximum atomic E-state index is 12.8. The summed E-state index contributed by atoms with van der Waals surface area (Å²) < 4.78 is 42.2. The van der Waals surface area contributed by atoms with Gasteiger partial charge in [0.15, 0.2) is 0 Å². The largest absolute Gasteiger partial charge is 0.573 e. The Labute approximate surface area is 167 Å². The molecule has 0 spiro atoms. The van der Waals surface area contributed by atoms with Crippen LogP contribution in [-0.4, -0.2) is 34.3 Å². The van der Waals surface area contributed by atoms with Gasteiger partial charge < -0.3 is 14.7 Å². The smallest absolute Gasteiger partial charge is 0.476 e. The number of aromatic nitrogens is 2. The molecule has 0 saturated carbocycles. The second kappa shape index (κ2) is 8.13. The van der Waals surface area contributed by atoms with Gasteiger partial charge in [0, 0.05) is 0 Å². The van der Waals surface area contributed by atoms with Crippen LogP contribution < -0.4 is 15.6 Å². The maximum absolute atomic E-state index is 12.8. The second-order valence-corrected chi connectivity index (χ2v) is 6.22. The first-order valence-corrected chi connectivity index (χ1v) is 8.56. The molecular formula is C19H16F3N3O5. The van der Waals surface area contributed by atoms with Crippen LogP contribution in [0.1, 0.15) is 29.0 Å². The molecule has 1 heterocycles. The van der Waals surface area contributed by atoms with Gasteiger partial charge in [0.2, 0.25) is 11.1 Å². The molecule has 8 nitrogen and oxygen atoms in total. The molecule has 0 aliphatic carbocycles. The Kier molecular flexibility index (Phi) is 5.76. The molecule has 1 aromatic heterocycles. The van der Waals surface area contributed by atoms with E-state index in [1.165, 1.54) is 23.9 Å². The SMILES string of the molecule is CONC(C)c1cccc2c1c(=O)c(C(=O)O)nn2-c1ccc(OC(F)(F)F)cc1. The number of carboxylic acids is 1. The minimum absolute atomic E-state index is 0.0950. The Balaban J connectivity index is 2.24. The summed E-state index contributed by atoms with van der Waals surface area (Å²) >= 11 is 0. The summed E-state index contributed by atoms with van der Waals surface area (Å²) in [5.74, 6) is -1.98. The summed E-state index contributed by atoms with van der Waals surface area (Å²) in [6.45, 7) is 1.71. The van der Waals surface area contributed by atoms with E-state index in [1.807, 2.05) is 0 Å². The number of carboxylic acid groups (broad SMARTS) is 1. The number of hydroxylamine groups is 1. The van der Waals surface area contributed by atoms with Gasteiger partial charge in [-0.25, -0.2) is 9.48 Å². The molecule has 3 rings (SSSR count). The molecule has 3 aromatic rings. The number of hydrogen-bond acceptors (Lipinski definition) is 6. The monoisotopic (exact) mass is 423 g/mol. The van der Waals surface area contributed by atoms with Crippen LogP contribution in [0.15, 0.2) is 47.3 Å². The number of rotatable bonds is 6. The highest BCUT2D eigenvalue weighted by atomic mass is 19.4. The van der Waals surface area contributed by atoms with E-state index in [2.05, 4.69) is 15.3 Å². The topological polar surface area (TPSA) is 103 Å². The first-order valence-electron chi connectivity index (χ1n) is 8.56. The lowest BCUT2D eigenvalue weighted by molar-refractivity contribution is -0.274. The number of alkyl halides is 3. The van der Waals surface area contributed by atoms with Crippen LogP contribution in [-0.2, 0) is 4.84 Å². The van der Waals surface area contributed by atoms with E-state index in [1.54, 1.807) is 25.1 Å². The van der Waals surface area contributed by atoms with Gasteiger partial charge in [0.05, 0.1) is 29.7 Å². The molecule has 0 aliphatic heterocycles. The molecule has 0 radical (unpaired) electrons. The summed E-state index contributed by atoms with van der Waals surface area (Å²) in [4.78, 5) is 29.3. The minimum Gasteiger partial charge on any atom is -0.476 e. The highest BCUT2D eigenvalue weighted by molar-refractivity contribution is 5.92. The molecule has 11 heteroatoms. The third kappa shape index (κ3) is 4.26.